The van der Waals surface area contributed by atoms with Crippen LogP contribution >= 0.6 is 0 Å². The van der Waals surface area contributed by atoms with Gasteiger partial charge in [-0.05, 0) is 57.9 Å². The Bertz CT molecular complexity index is 600. The fraction of sp³-hybridized carbons (Fsp3) is 0.778. The number of ketones is 1. The zero-order valence-electron chi connectivity index (χ0n) is 22.8. The monoisotopic (exact) mass is 505 g/mol. The van der Waals surface area contributed by atoms with Crippen LogP contribution in [0, 0.1) is 17.3 Å². The van der Waals surface area contributed by atoms with Gasteiger partial charge in [0, 0.05) is 12.0 Å². The Morgan fingerprint density at radius 3 is 2.35 bits per heavy atom. The standard InChI is InChI=1S/C19H32O4.C7H13N.CH3O.K/c1-14-10-8-6-5-7-9-11-23-17(21)13-16(20)19(3,4)18(22)15(2)12-14;1-2-4-7-5-3-6-8-7;1-2;/h5,7,14-16,20H,6,8-13H2,1-4H3;2,4,7-8H,3,5-6H2,1H3;1H3;/q;;-1;+1/b7-5-;4-2-;;. The van der Waals surface area contributed by atoms with Crippen molar-refractivity contribution in [3.63, 3.8) is 0 Å². The molecule has 0 amide bonds. The van der Waals surface area contributed by atoms with Crippen LogP contribution in [-0.4, -0.2) is 49.3 Å². The molecule has 0 aromatic carbocycles. The summed E-state index contributed by atoms with van der Waals surface area (Å²) in [6, 6.07) is 0.681. The van der Waals surface area contributed by atoms with Crippen molar-refractivity contribution < 1.29 is 75.9 Å². The fourth-order valence-electron chi connectivity index (χ4n) is 4.27. The zero-order valence-corrected chi connectivity index (χ0v) is 25.9. The largest absolute Gasteiger partial charge is 1.00 e. The first-order chi connectivity index (χ1) is 15.7. The van der Waals surface area contributed by atoms with Crippen molar-refractivity contribution in [2.45, 2.75) is 98.1 Å². The van der Waals surface area contributed by atoms with Crippen molar-refractivity contribution >= 4 is 11.8 Å². The number of hydrogen-bond acceptors (Lipinski definition) is 6. The molecular weight excluding hydrogens is 457 g/mol. The predicted octanol–water partition coefficient (Wildman–Crippen LogP) is 0.963. The average molecular weight is 506 g/mol. The molecule has 1 fully saturated rings. The van der Waals surface area contributed by atoms with Gasteiger partial charge in [0.05, 0.1) is 24.5 Å². The smallest absolute Gasteiger partial charge is 0.857 e. The summed E-state index contributed by atoms with van der Waals surface area (Å²) in [4.78, 5) is 24.5. The SMILES string of the molecule is C/C=C\C1CCCN1.CC1CCC/C=C\CCOC(=O)CC(O)C(C)(C)C(=O)C(C)C1.C[O-].[K+]. The zero-order chi connectivity index (χ0) is 25.3. The Kier molecular flexibility index (Phi) is 22.7. The van der Waals surface area contributed by atoms with E-state index >= 15 is 0 Å². The molecule has 2 aliphatic rings. The van der Waals surface area contributed by atoms with Crippen molar-refractivity contribution in [3.8, 4) is 0 Å². The molecule has 192 valence electrons. The maximum Gasteiger partial charge on any atom is 1.00 e. The minimum atomic E-state index is -1.01. The molecule has 2 N–H and O–H groups in total. The second kappa shape index (κ2) is 21.2. The van der Waals surface area contributed by atoms with Crippen LogP contribution < -0.4 is 61.8 Å². The molecule has 0 aromatic rings. The van der Waals surface area contributed by atoms with E-state index in [2.05, 4.69) is 37.4 Å². The molecular formula is C27H48KNO5. The summed E-state index contributed by atoms with van der Waals surface area (Å²) >= 11 is 0. The number of rotatable bonds is 1. The van der Waals surface area contributed by atoms with Crippen molar-refractivity contribution in [1.82, 2.24) is 5.32 Å². The number of allylic oxidation sites excluding steroid dienone is 2. The number of carbonyl (C=O) groups is 2. The molecule has 0 aromatic heterocycles. The molecule has 6 nitrogen and oxygen atoms in total. The Balaban J connectivity index is 0. The van der Waals surface area contributed by atoms with Crippen LogP contribution in [0.2, 0.25) is 0 Å². The number of hydrogen-bond donors (Lipinski definition) is 2. The van der Waals surface area contributed by atoms with Crippen molar-refractivity contribution in [2.24, 2.45) is 17.3 Å². The molecule has 0 spiro atoms. The maximum atomic E-state index is 12.7. The Morgan fingerprint density at radius 1 is 1.12 bits per heavy atom. The van der Waals surface area contributed by atoms with Gasteiger partial charge < -0.3 is 20.3 Å². The van der Waals surface area contributed by atoms with Gasteiger partial charge in [-0.1, -0.05) is 58.4 Å². The van der Waals surface area contributed by atoms with Gasteiger partial charge in [0.15, 0.2) is 0 Å². The minimum absolute atomic E-state index is 0. The third kappa shape index (κ3) is 15.3. The molecule has 0 bridgehead atoms. The summed E-state index contributed by atoms with van der Waals surface area (Å²) in [7, 11) is 0.750. The van der Waals surface area contributed by atoms with Gasteiger partial charge in [0.25, 0.3) is 0 Å². The van der Waals surface area contributed by atoms with E-state index in [9.17, 15) is 14.7 Å². The Labute approximate surface area is 250 Å². The molecule has 2 rings (SSSR count). The van der Waals surface area contributed by atoms with Crippen LogP contribution in [0.5, 0.6) is 0 Å². The van der Waals surface area contributed by atoms with Crippen LogP contribution in [-0.2, 0) is 14.3 Å². The molecule has 0 radical (unpaired) electrons. The molecule has 0 aliphatic carbocycles. The van der Waals surface area contributed by atoms with E-state index in [0.717, 1.165) is 32.8 Å². The molecule has 4 atom stereocenters. The molecule has 2 heterocycles. The predicted molar refractivity (Wildman–Crippen MR) is 133 cm³/mol. The van der Waals surface area contributed by atoms with Gasteiger partial charge in [-0.3, -0.25) is 9.59 Å². The summed E-state index contributed by atoms with van der Waals surface area (Å²) < 4.78 is 5.12. The summed E-state index contributed by atoms with van der Waals surface area (Å²) in [5.74, 6) is -0.0567. The Morgan fingerprint density at radius 2 is 1.76 bits per heavy atom. The second-order valence-electron chi connectivity index (χ2n) is 9.69. The van der Waals surface area contributed by atoms with E-state index in [1.165, 1.54) is 19.4 Å². The molecule has 0 saturated carbocycles. The van der Waals surface area contributed by atoms with Gasteiger partial charge in [0.1, 0.15) is 5.78 Å². The maximum absolute atomic E-state index is 12.7. The van der Waals surface area contributed by atoms with Gasteiger partial charge in [-0.25, -0.2) is 0 Å². The second-order valence-corrected chi connectivity index (χ2v) is 9.69. The van der Waals surface area contributed by atoms with E-state index in [-0.39, 0.29) is 69.5 Å². The van der Waals surface area contributed by atoms with Gasteiger partial charge in [-0.2, -0.15) is 7.11 Å². The number of ether oxygens (including phenoxy) is 1. The molecule has 7 heteroatoms. The first kappa shape index (κ1) is 36.3. The van der Waals surface area contributed by atoms with E-state index in [1.807, 2.05) is 13.0 Å². The van der Waals surface area contributed by atoms with Crippen LogP contribution in [0.15, 0.2) is 24.3 Å². The van der Waals surface area contributed by atoms with Crippen molar-refractivity contribution in [1.29, 1.82) is 0 Å². The summed E-state index contributed by atoms with van der Waals surface area (Å²) in [5, 5.41) is 22.0. The first-order valence-electron chi connectivity index (χ1n) is 12.5. The molecule has 4 unspecified atom stereocenters. The molecule has 1 saturated heterocycles. The van der Waals surface area contributed by atoms with Crippen LogP contribution in [0.25, 0.3) is 0 Å². The van der Waals surface area contributed by atoms with Crippen LogP contribution in [0.1, 0.15) is 86.0 Å². The third-order valence-corrected chi connectivity index (χ3v) is 6.34. The molecule has 34 heavy (non-hydrogen) atoms. The van der Waals surface area contributed by atoms with Gasteiger partial charge in [-0.15, -0.1) is 0 Å². The van der Waals surface area contributed by atoms with Crippen molar-refractivity contribution in [2.75, 3.05) is 20.3 Å². The number of carbonyl (C=O) groups excluding carboxylic acids is 2. The Hall–Kier alpha value is 0.136. The summed E-state index contributed by atoms with van der Waals surface area (Å²) in [6.45, 7) is 11.1. The minimum Gasteiger partial charge on any atom is -0.857 e. The normalized spacial score (nSPS) is 29.5. The number of nitrogens with one attached hydrogen (secondary N) is 1. The summed E-state index contributed by atoms with van der Waals surface area (Å²) in [5.41, 5.74) is -0.935. The topological polar surface area (TPSA) is 98.7 Å². The van der Waals surface area contributed by atoms with E-state index in [0.29, 0.717) is 25.0 Å². The number of aliphatic hydroxyl groups excluding tert-OH is 1. The van der Waals surface area contributed by atoms with Crippen molar-refractivity contribution in [3.05, 3.63) is 24.3 Å². The third-order valence-electron chi connectivity index (χ3n) is 6.34. The van der Waals surface area contributed by atoms with Crippen LogP contribution in [0.3, 0.4) is 0 Å². The van der Waals surface area contributed by atoms with E-state index in [1.54, 1.807) is 13.8 Å². The van der Waals surface area contributed by atoms with E-state index < -0.39 is 17.5 Å². The van der Waals surface area contributed by atoms with E-state index in [4.69, 9.17) is 9.84 Å². The number of Topliss-reactive ketones (excluding diaryl/α,β-unsaturated/α-hetero) is 1. The fourth-order valence-corrected chi connectivity index (χ4v) is 4.27. The van der Waals surface area contributed by atoms with Gasteiger partial charge >= 0.3 is 57.4 Å². The van der Waals surface area contributed by atoms with Crippen LogP contribution in [0.4, 0.5) is 0 Å². The average Bonchev–Trinajstić information content (AvgIpc) is 3.29. The number of aliphatic hydroxyl groups is 1. The quantitative estimate of drug-likeness (QED) is 0.313. The van der Waals surface area contributed by atoms with Gasteiger partial charge in [0.2, 0.25) is 0 Å². The first-order valence-corrected chi connectivity index (χ1v) is 12.5. The summed E-state index contributed by atoms with van der Waals surface area (Å²) in [6.07, 6.45) is 14.8. The number of cyclic esters (lactones) is 1. The number of esters is 1. The molecule has 2 aliphatic heterocycles.